The number of nitrogens with one attached hydrogen (secondary N) is 2. The first-order chi connectivity index (χ1) is 8.54. The van der Waals surface area contributed by atoms with Crippen LogP contribution in [-0.4, -0.2) is 17.2 Å². The molecule has 2 N–H and O–H groups in total. The Morgan fingerprint density at radius 1 is 1.11 bits per heavy atom. The SMILES string of the molecule is CNCc1[nH]nc(-c2c(C)cc(C)cc2C)c1C. The molecule has 18 heavy (non-hydrogen) atoms. The lowest BCUT2D eigenvalue weighted by atomic mass is 9.95. The van der Waals surface area contributed by atoms with Crippen LogP contribution >= 0.6 is 0 Å². The Hall–Kier alpha value is -1.61. The van der Waals surface area contributed by atoms with E-state index in [0.29, 0.717) is 0 Å². The van der Waals surface area contributed by atoms with Gasteiger partial charge in [0.1, 0.15) is 0 Å². The van der Waals surface area contributed by atoms with Crippen molar-refractivity contribution >= 4 is 0 Å². The number of hydrogen-bond acceptors (Lipinski definition) is 2. The molecule has 0 saturated carbocycles. The third-order valence-electron chi connectivity index (χ3n) is 3.38. The molecule has 0 spiro atoms. The van der Waals surface area contributed by atoms with Gasteiger partial charge in [-0.2, -0.15) is 5.10 Å². The molecular formula is C15H21N3. The van der Waals surface area contributed by atoms with Gasteiger partial charge in [0.15, 0.2) is 0 Å². The fourth-order valence-electron chi connectivity index (χ4n) is 2.58. The molecule has 2 rings (SSSR count). The minimum absolute atomic E-state index is 0.822. The maximum atomic E-state index is 4.49. The van der Waals surface area contributed by atoms with E-state index in [9.17, 15) is 0 Å². The van der Waals surface area contributed by atoms with Gasteiger partial charge in [0.25, 0.3) is 0 Å². The van der Waals surface area contributed by atoms with Crippen LogP contribution in [0.4, 0.5) is 0 Å². The molecule has 1 aromatic heterocycles. The van der Waals surface area contributed by atoms with E-state index < -0.39 is 0 Å². The lowest BCUT2D eigenvalue weighted by molar-refractivity contribution is 0.779. The van der Waals surface area contributed by atoms with Crippen LogP contribution in [-0.2, 0) is 6.54 Å². The number of aromatic amines is 1. The maximum Gasteiger partial charge on any atom is 0.0958 e. The molecule has 0 unspecified atom stereocenters. The Morgan fingerprint density at radius 2 is 1.72 bits per heavy atom. The Balaban J connectivity index is 2.56. The summed E-state index contributed by atoms with van der Waals surface area (Å²) in [6.07, 6.45) is 0. The summed E-state index contributed by atoms with van der Waals surface area (Å²) in [5.74, 6) is 0. The van der Waals surface area contributed by atoms with Crippen LogP contribution in [0, 0.1) is 27.7 Å². The van der Waals surface area contributed by atoms with E-state index in [0.717, 1.165) is 17.9 Å². The van der Waals surface area contributed by atoms with E-state index in [1.165, 1.54) is 27.8 Å². The summed E-state index contributed by atoms with van der Waals surface area (Å²) in [4.78, 5) is 0. The number of H-pyrrole nitrogens is 1. The molecule has 3 nitrogen and oxygen atoms in total. The first kappa shape index (κ1) is 12.8. The smallest absolute Gasteiger partial charge is 0.0958 e. The van der Waals surface area contributed by atoms with Crippen molar-refractivity contribution in [2.45, 2.75) is 34.2 Å². The van der Waals surface area contributed by atoms with Crippen molar-refractivity contribution in [2.75, 3.05) is 7.05 Å². The molecule has 1 heterocycles. The van der Waals surface area contributed by atoms with Crippen LogP contribution in [0.25, 0.3) is 11.3 Å². The van der Waals surface area contributed by atoms with Crippen molar-refractivity contribution in [1.82, 2.24) is 15.5 Å². The molecule has 96 valence electrons. The van der Waals surface area contributed by atoms with Crippen LogP contribution in [0.3, 0.4) is 0 Å². The van der Waals surface area contributed by atoms with Crippen LogP contribution in [0.5, 0.6) is 0 Å². The molecular weight excluding hydrogens is 222 g/mol. The summed E-state index contributed by atoms with van der Waals surface area (Å²) in [6.45, 7) is 9.39. The number of nitrogens with zero attached hydrogens (tertiary/aromatic N) is 1. The lowest BCUT2D eigenvalue weighted by Crippen LogP contribution is -2.06. The third-order valence-corrected chi connectivity index (χ3v) is 3.38. The highest BCUT2D eigenvalue weighted by Crippen LogP contribution is 2.30. The van der Waals surface area contributed by atoms with Crippen LogP contribution in [0.15, 0.2) is 12.1 Å². The van der Waals surface area contributed by atoms with E-state index in [-0.39, 0.29) is 0 Å². The summed E-state index contributed by atoms with van der Waals surface area (Å²) in [7, 11) is 1.95. The van der Waals surface area contributed by atoms with Gasteiger partial charge >= 0.3 is 0 Å². The topological polar surface area (TPSA) is 40.7 Å². The Morgan fingerprint density at radius 3 is 2.28 bits per heavy atom. The summed E-state index contributed by atoms with van der Waals surface area (Å²) in [6, 6.07) is 4.43. The number of benzene rings is 1. The summed E-state index contributed by atoms with van der Waals surface area (Å²) < 4.78 is 0. The van der Waals surface area contributed by atoms with Gasteiger partial charge in [-0.15, -0.1) is 0 Å². The van der Waals surface area contributed by atoms with Crippen molar-refractivity contribution < 1.29 is 0 Å². The van der Waals surface area contributed by atoms with Crippen molar-refractivity contribution in [1.29, 1.82) is 0 Å². The van der Waals surface area contributed by atoms with E-state index in [1.54, 1.807) is 0 Å². The maximum absolute atomic E-state index is 4.49. The second kappa shape index (κ2) is 4.94. The first-order valence-electron chi connectivity index (χ1n) is 6.31. The van der Waals surface area contributed by atoms with Crippen LogP contribution < -0.4 is 5.32 Å². The molecule has 0 aliphatic heterocycles. The quantitative estimate of drug-likeness (QED) is 0.870. The standard InChI is InChI=1S/C15H21N3/c1-9-6-10(2)14(11(3)7-9)15-12(4)13(8-16-5)17-18-15/h6-7,16H,8H2,1-5H3,(H,17,18). The molecule has 0 atom stereocenters. The van der Waals surface area contributed by atoms with Gasteiger partial charge in [0.2, 0.25) is 0 Å². The molecule has 1 aromatic carbocycles. The van der Waals surface area contributed by atoms with Gasteiger partial charge in [-0.1, -0.05) is 17.7 Å². The van der Waals surface area contributed by atoms with Crippen molar-refractivity contribution in [3.05, 3.63) is 40.1 Å². The second-order valence-corrected chi connectivity index (χ2v) is 4.98. The normalized spacial score (nSPS) is 10.9. The predicted octanol–water partition coefficient (Wildman–Crippen LogP) is 3.03. The molecule has 2 aromatic rings. The highest BCUT2D eigenvalue weighted by Gasteiger charge is 2.14. The van der Waals surface area contributed by atoms with E-state index in [1.807, 2.05) is 7.05 Å². The fourth-order valence-corrected chi connectivity index (χ4v) is 2.58. The Labute approximate surface area is 109 Å². The Bertz CT molecular complexity index is 544. The molecule has 0 aliphatic rings. The van der Waals surface area contributed by atoms with Gasteiger partial charge in [-0.3, -0.25) is 5.10 Å². The molecule has 3 heteroatoms. The molecule has 0 aliphatic carbocycles. The molecule has 0 saturated heterocycles. The lowest BCUT2D eigenvalue weighted by Gasteiger charge is -2.10. The Kier molecular flexibility index (Phi) is 3.53. The number of hydrogen-bond donors (Lipinski definition) is 2. The predicted molar refractivity (Wildman–Crippen MR) is 75.7 cm³/mol. The van der Waals surface area contributed by atoms with Gasteiger partial charge in [-0.05, 0) is 51.4 Å². The van der Waals surface area contributed by atoms with Crippen molar-refractivity contribution in [3.63, 3.8) is 0 Å². The summed E-state index contributed by atoms with van der Waals surface area (Å²) >= 11 is 0. The monoisotopic (exact) mass is 243 g/mol. The van der Waals surface area contributed by atoms with E-state index >= 15 is 0 Å². The number of aryl methyl sites for hydroxylation is 3. The minimum Gasteiger partial charge on any atom is -0.314 e. The van der Waals surface area contributed by atoms with E-state index in [2.05, 4.69) is 55.3 Å². The summed E-state index contributed by atoms with van der Waals surface area (Å²) in [5, 5.41) is 10.8. The molecule has 0 fully saturated rings. The highest BCUT2D eigenvalue weighted by molar-refractivity contribution is 5.71. The number of rotatable bonds is 3. The van der Waals surface area contributed by atoms with Crippen molar-refractivity contribution in [3.8, 4) is 11.3 Å². The molecule has 0 radical (unpaired) electrons. The van der Waals surface area contributed by atoms with Crippen LogP contribution in [0.2, 0.25) is 0 Å². The third kappa shape index (κ3) is 2.18. The van der Waals surface area contributed by atoms with Gasteiger partial charge in [0, 0.05) is 12.1 Å². The van der Waals surface area contributed by atoms with Crippen LogP contribution in [0.1, 0.15) is 27.9 Å². The minimum atomic E-state index is 0.822. The summed E-state index contributed by atoms with van der Waals surface area (Å²) in [5.41, 5.74) is 8.62. The average molecular weight is 243 g/mol. The largest absolute Gasteiger partial charge is 0.314 e. The zero-order valence-corrected chi connectivity index (χ0v) is 11.8. The average Bonchev–Trinajstić information content (AvgIpc) is 2.61. The molecule has 0 bridgehead atoms. The van der Waals surface area contributed by atoms with Gasteiger partial charge in [-0.25, -0.2) is 0 Å². The van der Waals surface area contributed by atoms with Crippen molar-refractivity contribution in [2.24, 2.45) is 0 Å². The first-order valence-corrected chi connectivity index (χ1v) is 6.31. The molecule has 0 amide bonds. The second-order valence-electron chi connectivity index (χ2n) is 4.98. The number of aromatic nitrogens is 2. The van der Waals surface area contributed by atoms with Gasteiger partial charge < -0.3 is 5.32 Å². The van der Waals surface area contributed by atoms with E-state index in [4.69, 9.17) is 0 Å². The fraction of sp³-hybridized carbons (Fsp3) is 0.400. The highest BCUT2D eigenvalue weighted by atomic mass is 15.1. The van der Waals surface area contributed by atoms with Gasteiger partial charge in [0.05, 0.1) is 11.4 Å². The zero-order chi connectivity index (χ0) is 13.3. The zero-order valence-electron chi connectivity index (χ0n) is 11.8.